The predicted octanol–water partition coefficient (Wildman–Crippen LogP) is 4.40. The van der Waals surface area contributed by atoms with E-state index in [9.17, 15) is 0 Å². The van der Waals surface area contributed by atoms with Crippen LogP contribution in [-0.4, -0.2) is 21.2 Å². The molecule has 0 heterocycles. The van der Waals surface area contributed by atoms with Gasteiger partial charge in [0.05, 0.1) is 0 Å². The van der Waals surface area contributed by atoms with Crippen molar-refractivity contribution < 1.29 is 0 Å². The van der Waals surface area contributed by atoms with Gasteiger partial charge >= 0.3 is 168 Å². The Kier molecular flexibility index (Phi) is 5.83. The van der Waals surface area contributed by atoms with Gasteiger partial charge in [-0.3, -0.25) is 0 Å². The molecule has 0 bridgehead atoms. The Balaban J connectivity index is 1.89. The Morgan fingerprint density at radius 2 is 0.741 bits per heavy atom. The molecule has 0 fully saturated rings. The molecule has 0 atom stereocenters. The molecule has 0 saturated carbocycles. The maximum absolute atomic E-state index is 3.27. The van der Waals surface area contributed by atoms with Crippen LogP contribution in [0.3, 0.4) is 0 Å². The van der Waals surface area contributed by atoms with Crippen molar-refractivity contribution in [2.24, 2.45) is 0 Å². The zero-order chi connectivity index (χ0) is 18.4. The second kappa shape index (κ2) is 8.66. The first-order valence-electron chi connectivity index (χ1n) is 9.60. The zero-order valence-electron chi connectivity index (χ0n) is 15.5. The van der Waals surface area contributed by atoms with Gasteiger partial charge in [0.2, 0.25) is 0 Å². The van der Waals surface area contributed by atoms with Crippen molar-refractivity contribution in [3.63, 3.8) is 0 Å². The molecule has 132 valence electrons. The molecule has 27 heavy (non-hydrogen) atoms. The van der Waals surface area contributed by atoms with Crippen LogP contribution in [0.25, 0.3) is 0 Å². The molecular weight excluding hydrogens is 519 g/mol. The third-order valence-corrected chi connectivity index (χ3v) is 24.7. The SMILES string of the molecule is c1ccc(C[CH2][Pb]([c]2ccccc2)([c]2ccccc2)[c]2ccccc2)cc1. The van der Waals surface area contributed by atoms with Gasteiger partial charge in [0.1, 0.15) is 0 Å². The van der Waals surface area contributed by atoms with Crippen LogP contribution in [0.5, 0.6) is 0 Å². The van der Waals surface area contributed by atoms with E-state index < -0.39 is 21.2 Å². The molecule has 0 amide bonds. The first kappa shape index (κ1) is 18.2. The fourth-order valence-corrected chi connectivity index (χ4v) is 22.8. The molecule has 0 aliphatic rings. The van der Waals surface area contributed by atoms with E-state index in [2.05, 4.69) is 121 Å². The minimum absolute atomic E-state index is 1.13. The van der Waals surface area contributed by atoms with E-state index in [1.807, 2.05) is 0 Å². The molecule has 0 unspecified atom stereocenters. The summed E-state index contributed by atoms with van der Waals surface area (Å²) < 4.78 is 5.95. The van der Waals surface area contributed by atoms with Gasteiger partial charge < -0.3 is 0 Å². The van der Waals surface area contributed by atoms with Gasteiger partial charge in [-0.2, -0.15) is 0 Å². The van der Waals surface area contributed by atoms with Crippen molar-refractivity contribution in [2.75, 3.05) is 0 Å². The first-order valence-corrected chi connectivity index (χ1v) is 18.2. The van der Waals surface area contributed by atoms with E-state index >= 15 is 0 Å². The normalized spacial score (nSPS) is 11.3. The summed E-state index contributed by atoms with van der Waals surface area (Å²) in [4.78, 5) is 0. The number of hydrogen-bond acceptors (Lipinski definition) is 0. The molecule has 4 aromatic rings. The minimum atomic E-state index is -3.27. The molecule has 1 heteroatoms. The van der Waals surface area contributed by atoms with Gasteiger partial charge in [0.15, 0.2) is 0 Å². The van der Waals surface area contributed by atoms with Crippen molar-refractivity contribution in [2.45, 2.75) is 10.4 Å². The Morgan fingerprint density at radius 3 is 1.11 bits per heavy atom. The Morgan fingerprint density at radius 1 is 0.407 bits per heavy atom. The van der Waals surface area contributed by atoms with Crippen LogP contribution in [0.2, 0.25) is 3.98 Å². The third-order valence-electron chi connectivity index (χ3n) is 5.43. The topological polar surface area (TPSA) is 0 Å². The van der Waals surface area contributed by atoms with Gasteiger partial charge in [-0.05, 0) is 0 Å². The fraction of sp³-hybridized carbons (Fsp3) is 0.0769. The van der Waals surface area contributed by atoms with Crippen molar-refractivity contribution in [3.05, 3.63) is 127 Å². The summed E-state index contributed by atoms with van der Waals surface area (Å²) in [6, 6.07) is 44.8. The van der Waals surface area contributed by atoms with Gasteiger partial charge in [0.25, 0.3) is 0 Å². The molecule has 0 aliphatic carbocycles. The average molecular weight is 544 g/mol. The van der Waals surface area contributed by atoms with E-state index in [4.69, 9.17) is 0 Å². The zero-order valence-corrected chi connectivity index (χ0v) is 19.3. The van der Waals surface area contributed by atoms with Crippen molar-refractivity contribution >= 4 is 30.5 Å². The van der Waals surface area contributed by atoms with Crippen LogP contribution in [-0.2, 0) is 6.42 Å². The summed E-state index contributed by atoms with van der Waals surface area (Å²) in [5.74, 6) is 0. The van der Waals surface area contributed by atoms with E-state index in [0.29, 0.717) is 0 Å². The summed E-state index contributed by atoms with van der Waals surface area (Å²) in [6.45, 7) is 0. The van der Waals surface area contributed by atoms with E-state index in [1.54, 1.807) is 9.37 Å². The number of aryl methyl sites for hydroxylation is 1. The summed E-state index contributed by atoms with van der Waals surface area (Å²) in [7, 11) is 0. The predicted molar refractivity (Wildman–Crippen MR) is 119 cm³/mol. The van der Waals surface area contributed by atoms with Crippen LogP contribution in [0.15, 0.2) is 121 Å². The van der Waals surface area contributed by atoms with Gasteiger partial charge in [0, 0.05) is 0 Å². The van der Waals surface area contributed by atoms with Crippen molar-refractivity contribution in [1.82, 2.24) is 0 Å². The average Bonchev–Trinajstić information content (AvgIpc) is 2.77. The van der Waals surface area contributed by atoms with Crippen LogP contribution in [0, 0.1) is 0 Å². The molecular formula is C26H24Pb. The Labute approximate surface area is 167 Å². The quantitative estimate of drug-likeness (QED) is 0.317. The van der Waals surface area contributed by atoms with Gasteiger partial charge in [-0.1, -0.05) is 0 Å². The van der Waals surface area contributed by atoms with Crippen molar-refractivity contribution in [3.8, 4) is 0 Å². The second-order valence-electron chi connectivity index (χ2n) is 6.99. The van der Waals surface area contributed by atoms with E-state index in [-0.39, 0.29) is 0 Å². The van der Waals surface area contributed by atoms with E-state index in [1.165, 1.54) is 9.54 Å². The monoisotopic (exact) mass is 544 g/mol. The number of benzene rings is 4. The number of rotatable bonds is 6. The molecule has 0 spiro atoms. The maximum atomic E-state index is 2.37. The van der Waals surface area contributed by atoms with Crippen LogP contribution in [0.4, 0.5) is 0 Å². The molecule has 0 aromatic heterocycles. The summed E-state index contributed by atoms with van der Waals surface area (Å²) in [5.41, 5.74) is 1.43. The summed E-state index contributed by atoms with van der Waals surface area (Å²) in [5, 5.41) is 0. The van der Waals surface area contributed by atoms with Gasteiger partial charge in [-0.15, -0.1) is 0 Å². The Hall–Kier alpha value is -2.20. The molecule has 0 radical (unpaired) electrons. The molecule has 4 aromatic carbocycles. The standard InChI is InChI=1S/C8H9.3C6H5.Pb/c1-2-8-6-4-3-5-7-8;3*1-2-4-6-5-3-1;/h3-7H,1-2H2;3*1-5H;. The second-order valence-corrected chi connectivity index (χ2v) is 22.7. The molecule has 0 nitrogen and oxygen atoms in total. The molecule has 0 saturated heterocycles. The molecule has 4 rings (SSSR count). The van der Waals surface area contributed by atoms with Gasteiger partial charge in [-0.25, -0.2) is 0 Å². The fourth-order valence-electron chi connectivity index (χ4n) is 4.08. The summed E-state index contributed by atoms with van der Waals surface area (Å²) in [6.07, 6.45) is 1.13. The van der Waals surface area contributed by atoms with E-state index in [0.717, 1.165) is 6.42 Å². The molecule has 0 N–H and O–H groups in total. The van der Waals surface area contributed by atoms with Crippen molar-refractivity contribution in [1.29, 1.82) is 0 Å². The Bertz CT molecular complexity index is 851. The number of hydrogen-bond donors (Lipinski definition) is 0. The van der Waals surface area contributed by atoms with Crippen LogP contribution in [0.1, 0.15) is 5.56 Å². The summed E-state index contributed by atoms with van der Waals surface area (Å²) >= 11 is -3.27. The van der Waals surface area contributed by atoms with Crippen LogP contribution < -0.4 is 9.37 Å². The van der Waals surface area contributed by atoms with Crippen LogP contribution >= 0.6 is 0 Å². The first-order chi connectivity index (χ1) is 13.4. The third kappa shape index (κ3) is 3.91. The molecule has 0 aliphatic heterocycles.